The third-order valence-electron chi connectivity index (χ3n) is 3.67. The van der Waals surface area contributed by atoms with Crippen molar-refractivity contribution in [1.82, 2.24) is 0 Å². The van der Waals surface area contributed by atoms with Gasteiger partial charge in [-0.15, -0.1) is 0 Å². The van der Waals surface area contributed by atoms with Crippen LogP contribution in [0.1, 0.15) is 0 Å². The van der Waals surface area contributed by atoms with E-state index in [1.165, 1.54) is 27.1 Å². The normalized spacial score (nSPS) is 11.8. The van der Waals surface area contributed by atoms with Gasteiger partial charge >= 0.3 is 0 Å². The van der Waals surface area contributed by atoms with Gasteiger partial charge in [-0.05, 0) is 27.1 Å². The molecule has 0 aliphatic rings. The molecule has 0 heterocycles. The average Bonchev–Trinajstić information content (AvgIpc) is 2.46. The molecule has 0 radical (unpaired) electrons. The summed E-state index contributed by atoms with van der Waals surface area (Å²) in [5, 5.41) is 3.86. The van der Waals surface area contributed by atoms with Crippen LogP contribution in [0.3, 0.4) is 0 Å². The van der Waals surface area contributed by atoms with Gasteiger partial charge in [-0.3, -0.25) is 0 Å². The van der Waals surface area contributed by atoms with Gasteiger partial charge in [0.15, 0.2) is 7.38 Å². The molecule has 0 nitrogen and oxygen atoms in total. The summed E-state index contributed by atoms with van der Waals surface area (Å²) >= 11 is 6.49. The van der Waals surface area contributed by atoms with Crippen molar-refractivity contribution in [2.75, 3.05) is 0 Å². The number of halogens is 1. The highest BCUT2D eigenvalue weighted by molar-refractivity contribution is 7.26. The van der Waals surface area contributed by atoms with Crippen LogP contribution in [0.4, 0.5) is 0 Å². The maximum atomic E-state index is 6.49. The Kier molecular flexibility index (Phi) is 3.41. The van der Waals surface area contributed by atoms with Crippen molar-refractivity contribution in [2.45, 2.75) is 13.1 Å². The van der Waals surface area contributed by atoms with E-state index in [9.17, 15) is 0 Å². The molecule has 3 rings (SSSR count). The van der Waals surface area contributed by atoms with E-state index < -0.39 is 7.38 Å². The molecule has 0 N–H and O–H groups in total. The van der Waals surface area contributed by atoms with E-state index in [-0.39, 0.29) is 0 Å². The molecule has 0 bridgehead atoms. The summed E-state index contributed by atoms with van der Waals surface area (Å²) in [7, 11) is -1.74. The van der Waals surface area contributed by atoms with Crippen LogP contribution < -0.4 is 5.19 Å². The summed E-state index contributed by atoms with van der Waals surface area (Å²) in [5.74, 6) is 0. The minimum Gasteiger partial charge on any atom is -0.162 e. The first-order chi connectivity index (χ1) is 9.55. The lowest BCUT2D eigenvalue weighted by Gasteiger charge is -2.14. The zero-order valence-electron chi connectivity index (χ0n) is 11.7. The number of rotatable bonds is 2. The monoisotopic (exact) mass is 296 g/mol. The molecule has 0 amide bonds. The Morgan fingerprint density at radius 1 is 0.750 bits per heavy atom. The smallest absolute Gasteiger partial charge is 0.162 e. The molecule has 3 aromatic rings. The van der Waals surface area contributed by atoms with E-state index in [1.807, 2.05) is 0 Å². The van der Waals surface area contributed by atoms with Gasteiger partial charge in [0, 0.05) is 0 Å². The Bertz CT molecular complexity index is 734. The van der Waals surface area contributed by atoms with Gasteiger partial charge in [-0.1, -0.05) is 79.8 Å². The van der Waals surface area contributed by atoms with Gasteiger partial charge in [0.2, 0.25) is 0 Å². The van der Waals surface area contributed by atoms with Crippen LogP contribution in [0.5, 0.6) is 0 Å². The predicted octanol–water partition coefficient (Wildman–Crippen LogP) is 5.16. The van der Waals surface area contributed by atoms with Gasteiger partial charge < -0.3 is 0 Å². The molecule has 0 unspecified atom stereocenters. The molecule has 0 spiro atoms. The van der Waals surface area contributed by atoms with Crippen molar-refractivity contribution in [3.05, 3.63) is 66.7 Å². The lowest BCUT2D eigenvalue weighted by atomic mass is 9.98. The van der Waals surface area contributed by atoms with Crippen molar-refractivity contribution in [3.63, 3.8) is 0 Å². The summed E-state index contributed by atoms with van der Waals surface area (Å²) in [6.45, 7) is 4.31. The molecule has 0 aliphatic heterocycles. The maximum absolute atomic E-state index is 6.49. The Labute approximate surface area is 125 Å². The first-order valence-corrected chi connectivity index (χ1v) is 10.8. The lowest BCUT2D eigenvalue weighted by Crippen LogP contribution is -2.34. The number of fused-ring (bicyclic) bond motifs is 1. The summed E-state index contributed by atoms with van der Waals surface area (Å²) in [6, 6.07) is 23.7. The van der Waals surface area contributed by atoms with Gasteiger partial charge in [0.1, 0.15) is 0 Å². The van der Waals surface area contributed by atoms with E-state index in [0.29, 0.717) is 0 Å². The molecular formula is C18H17ClSi. The third-order valence-corrected chi connectivity index (χ3v) is 6.03. The van der Waals surface area contributed by atoms with Crippen molar-refractivity contribution in [2.24, 2.45) is 0 Å². The van der Waals surface area contributed by atoms with Crippen LogP contribution in [0.15, 0.2) is 66.7 Å². The van der Waals surface area contributed by atoms with E-state index in [0.717, 1.165) is 0 Å². The Morgan fingerprint density at radius 3 is 2.10 bits per heavy atom. The summed E-state index contributed by atoms with van der Waals surface area (Å²) < 4.78 is 0. The first kappa shape index (κ1) is 13.4. The first-order valence-electron chi connectivity index (χ1n) is 6.83. The van der Waals surface area contributed by atoms with Crippen LogP contribution >= 0.6 is 11.1 Å². The van der Waals surface area contributed by atoms with E-state index in [1.54, 1.807) is 0 Å². The van der Waals surface area contributed by atoms with Gasteiger partial charge in [-0.2, -0.15) is 11.1 Å². The molecule has 3 aromatic carbocycles. The molecule has 0 aliphatic carbocycles. The van der Waals surface area contributed by atoms with Crippen LogP contribution in [-0.4, -0.2) is 7.38 Å². The molecule has 20 heavy (non-hydrogen) atoms. The molecule has 0 saturated carbocycles. The third kappa shape index (κ3) is 2.51. The molecular weight excluding hydrogens is 280 g/mol. The predicted molar refractivity (Wildman–Crippen MR) is 92.4 cm³/mol. The second-order valence-electron chi connectivity index (χ2n) is 5.58. The molecule has 100 valence electrons. The van der Waals surface area contributed by atoms with Gasteiger partial charge in [0.05, 0.1) is 0 Å². The molecule has 0 aromatic heterocycles. The summed E-state index contributed by atoms with van der Waals surface area (Å²) in [4.78, 5) is 0. The maximum Gasteiger partial charge on any atom is 0.180 e. The highest BCUT2D eigenvalue weighted by Gasteiger charge is 2.19. The lowest BCUT2D eigenvalue weighted by molar-refractivity contribution is 1.66. The van der Waals surface area contributed by atoms with Gasteiger partial charge in [0.25, 0.3) is 0 Å². The largest absolute Gasteiger partial charge is 0.180 e. The number of benzene rings is 3. The van der Waals surface area contributed by atoms with Crippen LogP contribution in [0.2, 0.25) is 13.1 Å². The Balaban J connectivity index is 2.12. The standard InChI is InChI=1S/C18H17ClSi/c1-20(2,19)16-12-10-15(11-13-16)18-9-5-7-14-6-3-4-8-17(14)18/h3-13H,1-2H3. The zero-order valence-corrected chi connectivity index (χ0v) is 13.5. The van der Waals surface area contributed by atoms with Crippen LogP contribution in [0.25, 0.3) is 21.9 Å². The molecule has 0 fully saturated rings. The van der Waals surface area contributed by atoms with Crippen molar-refractivity contribution < 1.29 is 0 Å². The zero-order chi connectivity index (χ0) is 14.2. The van der Waals surface area contributed by atoms with Crippen molar-refractivity contribution in [3.8, 4) is 11.1 Å². The fourth-order valence-electron chi connectivity index (χ4n) is 2.52. The SMILES string of the molecule is C[Si](C)(Cl)c1ccc(-c2cccc3ccccc23)cc1. The van der Waals surface area contributed by atoms with E-state index in [4.69, 9.17) is 11.1 Å². The minimum absolute atomic E-state index is 1.25. The highest BCUT2D eigenvalue weighted by Crippen LogP contribution is 2.28. The van der Waals surface area contributed by atoms with Gasteiger partial charge in [-0.25, -0.2) is 0 Å². The molecule has 0 saturated heterocycles. The van der Waals surface area contributed by atoms with E-state index >= 15 is 0 Å². The Hall–Kier alpha value is -1.57. The minimum atomic E-state index is -1.74. The Morgan fingerprint density at radius 2 is 1.40 bits per heavy atom. The highest BCUT2D eigenvalue weighted by atomic mass is 35.6. The van der Waals surface area contributed by atoms with Crippen molar-refractivity contribution in [1.29, 1.82) is 0 Å². The topological polar surface area (TPSA) is 0 Å². The number of hydrogen-bond acceptors (Lipinski definition) is 0. The second kappa shape index (κ2) is 5.08. The summed E-state index contributed by atoms with van der Waals surface area (Å²) in [5.41, 5.74) is 2.53. The fourth-order valence-corrected chi connectivity index (χ4v) is 3.86. The number of hydrogen-bond donors (Lipinski definition) is 0. The average molecular weight is 297 g/mol. The summed E-state index contributed by atoms with van der Waals surface area (Å²) in [6.07, 6.45) is 0. The van der Waals surface area contributed by atoms with Crippen LogP contribution in [0, 0.1) is 0 Å². The quantitative estimate of drug-likeness (QED) is 0.453. The van der Waals surface area contributed by atoms with Crippen LogP contribution in [-0.2, 0) is 0 Å². The second-order valence-corrected chi connectivity index (χ2v) is 11.9. The fraction of sp³-hybridized carbons (Fsp3) is 0.111. The van der Waals surface area contributed by atoms with E-state index in [2.05, 4.69) is 79.8 Å². The molecule has 2 heteroatoms. The van der Waals surface area contributed by atoms with Crippen molar-refractivity contribution >= 4 is 34.4 Å². The molecule has 0 atom stereocenters.